The second-order valence-electron chi connectivity index (χ2n) is 3.42. The molecule has 0 heterocycles. The highest BCUT2D eigenvalue weighted by Gasteiger charge is 2.20. The van der Waals surface area contributed by atoms with Gasteiger partial charge in [-0.3, -0.25) is 4.79 Å². The molecule has 0 radical (unpaired) electrons. The first-order chi connectivity index (χ1) is 8.61. The quantitative estimate of drug-likeness (QED) is 0.803. The predicted molar refractivity (Wildman–Crippen MR) is 67.0 cm³/mol. The summed E-state index contributed by atoms with van der Waals surface area (Å²) in [6, 6.07) is 5.93. The first kappa shape index (κ1) is 13.3. The molecule has 0 aliphatic carbocycles. The van der Waals surface area contributed by atoms with Gasteiger partial charge in [0, 0.05) is 0 Å². The Hall–Kier alpha value is -2.72. The summed E-state index contributed by atoms with van der Waals surface area (Å²) < 4.78 is 0. The molecule has 4 nitrogen and oxygen atoms in total. The van der Waals surface area contributed by atoms with E-state index in [1.807, 2.05) is 0 Å². The minimum absolute atomic E-state index is 0.0387. The van der Waals surface area contributed by atoms with Gasteiger partial charge >= 0.3 is 5.97 Å². The van der Waals surface area contributed by atoms with Gasteiger partial charge in [-0.1, -0.05) is 24.0 Å². The third kappa shape index (κ3) is 2.90. The zero-order chi connectivity index (χ0) is 13.5. The van der Waals surface area contributed by atoms with Crippen molar-refractivity contribution in [1.82, 2.24) is 4.90 Å². The van der Waals surface area contributed by atoms with Crippen molar-refractivity contribution in [1.29, 1.82) is 0 Å². The first-order valence-corrected chi connectivity index (χ1v) is 5.10. The molecule has 1 aromatic rings. The summed E-state index contributed by atoms with van der Waals surface area (Å²) in [6.07, 6.45) is 10.3. The minimum atomic E-state index is -1.17. The summed E-state index contributed by atoms with van der Waals surface area (Å²) >= 11 is 0. The molecule has 0 aromatic heterocycles. The molecule has 0 bridgehead atoms. The SMILES string of the molecule is C#CCN(CC#C)C(=O)c1ccccc1C(=O)O. The average molecular weight is 241 g/mol. The number of hydrogen-bond donors (Lipinski definition) is 1. The number of amides is 1. The third-order valence-corrected chi connectivity index (χ3v) is 2.24. The van der Waals surface area contributed by atoms with Gasteiger partial charge in [0.25, 0.3) is 5.91 Å². The van der Waals surface area contributed by atoms with Crippen LogP contribution in [0.4, 0.5) is 0 Å². The fraction of sp³-hybridized carbons (Fsp3) is 0.143. The summed E-state index contributed by atoms with van der Waals surface area (Å²) in [4.78, 5) is 24.4. The molecular formula is C14H11NO3. The first-order valence-electron chi connectivity index (χ1n) is 5.10. The zero-order valence-electron chi connectivity index (χ0n) is 9.59. The molecule has 0 fully saturated rings. The van der Waals surface area contributed by atoms with Crippen LogP contribution in [0.1, 0.15) is 20.7 Å². The molecule has 0 atom stereocenters. The van der Waals surface area contributed by atoms with Crippen LogP contribution >= 0.6 is 0 Å². The summed E-state index contributed by atoms with van der Waals surface area (Å²) in [5.74, 6) is 2.98. The maximum Gasteiger partial charge on any atom is 0.336 e. The molecule has 1 aromatic carbocycles. The van der Waals surface area contributed by atoms with Gasteiger partial charge in [-0.25, -0.2) is 4.79 Å². The molecule has 0 saturated heterocycles. The number of carboxylic acids is 1. The lowest BCUT2D eigenvalue weighted by atomic mass is 10.1. The van der Waals surface area contributed by atoms with Crippen LogP contribution in [0.5, 0.6) is 0 Å². The zero-order valence-corrected chi connectivity index (χ0v) is 9.59. The van der Waals surface area contributed by atoms with E-state index in [-0.39, 0.29) is 24.2 Å². The summed E-state index contributed by atoms with van der Waals surface area (Å²) in [7, 11) is 0. The number of rotatable bonds is 4. The Morgan fingerprint density at radius 2 is 1.61 bits per heavy atom. The summed E-state index contributed by atoms with van der Waals surface area (Å²) in [5, 5.41) is 9.00. The number of carbonyl (C=O) groups excluding carboxylic acids is 1. The number of aromatic carboxylic acids is 1. The Labute approximate surface area is 105 Å². The van der Waals surface area contributed by atoms with E-state index in [2.05, 4.69) is 11.8 Å². The fourth-order valence-corrected chi connectivity index (χ4v) is 1.45. The van der Waals surface area contributed by atoms with Crippen LogP contribution in [-0.2, 0) is 0 Å². The Morgan fingerprint density at radius 1 is 1.11 bits per heavy atom. The van der Waals surface area contributed by atoms with E-state index >= 15 is 0 Å². The molecule has 1 N–H and O–H groups in total. The largest absolute Gasteiger partial charge is 0.478 e. The number of hydrogen-bond acceptors (Lipinski definition) is 2. The van der Waals surface area contributed by atoms with Crippen LogP contribution in [0.25, 0.3) is 0 Å². The monoisotopic (exact) mass is 241 g/mol. The van der Waals surface area contributed by atoms with Gasteiger partial charge in [-0.2, -0.15) is 0 Å². The molecule has 0 spiro atoms. The van der Waals surface area contributed by atoms with Crippen molar-refractivity contribution in [3.63, 3.8) is 0 Å². The van der Waals surface area contributed by atoms with Gasteiger partial charge in [-0.15, -0.1) is 12.8 Å². The van der Waals surface area contributed by atoms with E-state index in [1.165, 1.54) is 17.0 Å². The Morgan fingerprint density at radius 3 is 2.06 bits per heavy atom. The highest BCUT2D eigenvalue weighted by atomic mass is 16.4. The van der Waals surface area contributed by atoms with Crippen LogP contribution in [0, 0.1) is 24.7 Å². The number of carboxylic acid groups (broad SMARTS) is 1. The van der Waals surface area contributed by atoms with Gasteiger partial charge in [0.15, 0.2) is 0 Å². The van der Waals surface area contributed by atoms with Crippen molar-refractivity contribution in [3.05, 3.63) is 35.4 Å². The predicted octanol–water partition coefficient (Wildman–Crippen LogP) is 1.09. The van der Waals surface area contributed by atoms with E-state index in [0.29, 0.717) is 0 Å². The van der Waals surface area contributed by atoms with Crippen LogP contribution in [0.15, 0.2) is 24.3 Å². The smallest absolute Gasteiger partial charge is 0.336 e. The van der Waals surface area contributed by atoms with E-state index in [1.54, 1.807) is 12.1 Å². The van der Waals surface area contributed by atoms with Crippen LogP contribution < -0.4 is 0 Å². The Bertz CT molecular complexity index is 533. The normalized spacial score (nSPS) is 9.00. The summed E-state index contributed by atoms with van der Waals surface area (Å²) in [6.45, 7) is 0.0774. The van der Waals surface area contributed by atoms with E-state index in [9.17, 15) is 9.59 Å². The lowest BCUT2D eigenvalue weighted by Crippen LogP contribution is -2.32. The Balaban J connectivity index is 3.14. The van der Waals surface area contributed by atoms with Crippen molar-refractivity contribution >= 4 is 11.9 Å². The minimum Gasteiger partial charge on any atom is -0.478 e. The topological polar surface area (TPSA) is 57.6 Å². The molecule has 90 valence electrons. The van der Waals surface area contributed by atoms with Gasteiger partial charge in [0.2, 0.25) is 0 Å². The van der Waals surface area contributed by atoms with Crippen molar-refractivity contribution < 1.29 is 14.7 Å². The molecule has 18 heavy (non-hydrogen) atoms. The molecule has 0 aliphatic rings. The standard InChI is InChI=1S/C14H11NO3/c1-3-9-15(10-4-2)13(16)11-7-5-6-8-12(11)14(17)18/h1-2,5-8H,9-10H2,(H,17,18). The highest BCUT2D eigenvalue weighted by molar-refractivity contribution is 6.04. The number of nitrogens with zero attached hydrogens (tertiary/aromatic N) is 1. The van der Waals surface area contributed by atoms with Crippen molar-refractivity contribution in [2.75, 3.05) is 13.1 Å². The van der Waals surface area contributed by atoms with Crippen LogP contribution in [0.2, 0.25) is 0 Å². The highest BCUT2D eigenvalue weighted by Crippen LogP contribution is 2.11. The van der Waals surface area contributed by atoms with E-state index in [0.717, 1.165) is 0 Å². The van der Waals surface area contributed by atoms with Gasteiger partial charge < -0.3 is 10.0 Å². The van der Waals surface area contributed by atoms with Gasteiger partial charge in [-0.05, 0) is 12.1 Å². The van der Waals surface area contributed by atoms with E-state index in [4.69, 9.17) is 18.0 Å². The maximum atomic E-state index is 12.1. The maximum absolute atomic E-state index is 12.1. The second-order valence-corrected chi connectivity index (χ2v) is 3.42. The van der Waals surface area contributed by atoms with Crippen molar-refractivity contribution in [2.45, 2.75) is 0 Å². The number of carbonyl (C=O) groups is 2. The van der Waals surface area contributed by atoms with Gasteiger partial charge in [0.1, 0.15) is 0 Å². The molecule has 4 heteroatoms. The van der Waals surface area contributed by atoms with Crippen molar-refractivity contribution in [3.8, 4) is 24.7 Å². The van der Waals surface area contributed by atoms with E-state index < -0.39 is 11.9 Å². The molecular weight excluding hydrogens is 230 g/mol. The lowest BCUT2D eigenvalue weighted by Gasteiger charge is -2.18. The lowest BCUT2D eigenvalue weighted by molar-refractivity contribution is 0.0681. The number of terminal acetylenes is 2. The van der Waals surface area contributed by atoms with Crippen LogP contribution in [-0.4, -0.2) is 35.0 Å². The van der Waals surface area contributed by atoms with Crippen LogP contribution in [0.3, 0.4) is 0 Å². The molecule has 1 amide bonds. The number of benzene rings is 1. The summed E-state index contributed by atoms with van der Waals surface area (Å²) in [5.41, 5.74) is 0.0112. The van der Waals surface area contributed by atoms with Gasteiger partial charge in [0.05, 0.1) is 24.2 Å². The fourth-order valence-electron chi connectivity index (χ4n) is 1.45. The Kier molecular flexibility index (Phi) is 4.54. The molecule has 1 rings (SSSR count). The average Bonchev–Trinajstić information content (AvgIpc) is 2.37. The second kappa shape index (κ2) is 6.12. The molecule has 0 aliphatic heterocycles. The molecule has 0 saturated carbocycles. The van der Waals surface area contributed by atoms with Crippen molar-refractivity contribution in [2.24, 2.45) is 0 Å². The molecule has 0 unspecified atom stereocenters. The third-order valence-electron chi connectivity index (χ3n) is 2.24.